The predicted octanol–water partition coefficient (Wildman–Crippen LogP) is 2.14. The molecule has 120 valence electrons. The van der Waals surface area contributed by atoms with Crippen molar-refractivity contribution in [2.45, 2.75) is 33.1 Å². The van der Waals surface area contributed by atoms with Gasteiger partial charge in [0.05, 0.1) is 5.92 Å². The minimum absolute atomic E-state index is 0.0492. The normalized spacial score (nSPS) is 19.6. The summed E-state index contributed by atoms with van der Waals surface area (Å²) in [6.45, 7) is 5.55. The van der Waals surface area contributed by atoms with Gasteiger partial charge in [-0.05, 0) is 30.2 Å². The maximum Gasteiger partial charge on any atom is 0.224 e. The van der Waals surface area contributed by atoms with E-state index in [1.807, 2.05) is 6.07 Å². The zero-order valence-electron chi connectivity index (χ0n) is 13.5. The van der Waals surface area contributed by atoms with Crippen molar-refractivity contribution in [2.75, 3.05) is 13.1 Å². The fraction of sp³-hybridized carbons (Fsp3) is 0.556. The van der Waals surface area contributed by atoms with E-state index in [4.69, 9.17) is 0 Å². The number of benzene rings is 1. The van der Waals surface area contributed by atoms with Crippen LogP contribution in [0.4, 0.5) is 0 Å². The Kier molecular flexibility index (Phi) is 5.99. The second-order valence-corrected chi connectivity index (χ2v) is 6.48. The molecule has 0 radical (unpaired) electrons. The van der Waals surface area contributed by atoms with Gasteiger partial charge in [0, 0.05) is 19.5 Å². The van der Waals surface area contributed by atoms with Gasteiger partial charge < -0.3 is 10.6 Å². The quantitative estimate of drug-likeness (QED) is 0.846. The summed E-state index contributed by atoms with van der Waals surface area (Å²) in [5.74, 6) is 0.963. The summed E-state index contributed by atoms with van der Waals surface area (Å²) in [4.78, 5) is 23.4. The molecule has 0 saturated carbocycles. The predicted molar refractivity (Wildman–Crippen MR) is 87.2 cm³/mol. The van der Waals surface area contributed by atoms with E-state index in [1.54, 1.807) is 0 Å². The third kappa shape index (κ3) is 4.86. The standard InChI is InChI=1S/C18H26N2O2/c1-13(2)16(10-14-6-4-3-5-7-14)12-20-18(22)15-8-9-17(21)19-11-15/h3-7,13,15-16H,8-12H2,1-2H3,(H,19,21)(H,20,22)/t15-,16+/m1/s1. The van der Waals surface area contributed by atoms with Crippen molar-refractivity contribution in [1.82, 2.24) is 10.6 Å². The molecule has 4 heteroatoms. The number of hydrogen-bond donors (Lipinski definition) is 2. The fourth-order valence-electron chi connectivity index (χ4n) is 2.79. The van der Waals surface area contributed by atoms with E-state index in [1.165, 1.54) is 5.56 Å². The van der Waals surface area contributed by atoms with Crippen molar-refractivity contribution >= 4 is 11.8 Å². The van der Waals surface area contributed by atoms with Crippen molar-refractivity contribution in [3.8, 4) is 0 Å². The zero-order valence-corrected chi connectivity index (χ0v) is 13.5. The molecule has 22 heavy (non-hydrogen) atoms. The van der Waals surface area contributed by atoms with Crippen LogP contribution in [0.1, 0.15) is 32.3 Å². The number of piperidine rings is 1. The molecular weight excluding hydrogens is 276 g/mol. The molecular formula is C18H26N2O2. The van der Waals surface area contributed by atoms with Gasteiger partial charge in [-0.25, -0.2) is 0 Å². The minimum atomic E-state index is -0.0813. The van der Waals surface area contributed by atoms with Crippen molar-refractivity contribution < 1.29 is 9.59 Å². The highest BCUT2D eigenvalue weighted by molar-refractivity contribution is 5.83. The van der Waals surface area contributed by atoms with Gasteiger partial charge in [0.15, 0.2) is 0 Å². The maximum absolute atomic E-state index is 12.2. The first-order valence-corrected chi connectivity index (χ1v) is 8.14. The highest BCUT2D eigenvalue weighted by Crippen LogP contribution is 2.17. The second kappa shape index (κ2) is 7.97. The number of amides is 2. The molecule has 1 saturated heterocycles. The number of carbonyl (C=O) groups is 2. The van der Waals surface area contributed by atoms with Crippen LogP contribution in [0.25, 0.3) is 0 Å². The highest BCUT2D eigenvalue weighted by atomic mass is 16.2. The summed E-state index contributed by atoms with van der Waals surface area (Å²) in [7, 11) is 0. The Balaban J connectivity index is 1.83. The average Bonchev–Trinajstić information content (AvgIpc) is 2.52. The van der Waals surface area contributed by atoms with Crippen LogP contribution in [0.5, 0.6) is 0 Å². The molecule has 0 spiro atoms. The average molecular weight is 302 g/mol. The first-order chi connectivity index (χ1) is 10.6. The molecule has 1 aromatic rings. The van der Waals surface area contributed by atoms with Crippen molar-refractivity contribution in [3.63, 3.8) is 0 Å². The first-order valence-electron chi connectivity index (χ1n) is 8.14. The van der Waals surface area contributed by atoms with E-state index < -0.39 is 0 Å². The summed E-state index contributed by atoms with van der Waals surface area (Å²) < 4.78 is 0. The van der Waals surface area contributed by atoms with E-state index in [-0.39, 0.29) is 17.7 Å². The molecule has 2 amide bonds. The van der Waals surface area contributed by atoms with Gasteiger partial charge in [0.25, 0.3) is 0 Å². The molecule has 1 fully saturated rings. The molecule has 0 unspecified atom stereocenters. The summed E-state index contributed by atoms with van der Waals surface area (Å²) >= 11 is 0. The number of rotatable bonds is 6. The maximum atomic E-state index is 12.2. The lowest BCUT2D eigenvalue weighted by Crippen LogP contribution is -2.44. The van der Waals surface area contributed by atoms with Crippen LogP contribution in [0.2, 0.25) is 0 Å². The van der Waals surface area contributed by atoms with Gasteiger partial charge in [-0.2, -0.15) is 0 Å². The molecule has 1 aliphatic heterocycles. The lowest BCUT2D eigenvalue weighted by molar-refractivity contribution is -0.129. The van der Waals surface area contributed by atoms with Crippen LogP contribution in [0, 0.1) is 17.8 Å². The molecule has 2 atom stereocenters. The van der Waals surface area contributed by atoms with Gasteiger partial charge in [0.2, 0.25) is 11.8 Å². The van der Waals surface area contributed by atoms with Gasteiger partial charge in [-0.1, -0.05) is 44.2 Å². The molecule has 1 aliphatic rings. The Bertz CT molecular complexity index is 489. The fourth-order valence-corrected chi connectivity index (χ4v) is 2.79. The van der Waals surface area contributed by atoms with Gasteiger partial charge in [0.1, 0.15) is 0 Å². The summed E-state index contributed by atoms with van der Waals surface area (Å²) in [6.07, 6.45) is 2.08. The van der Waals surface area contributed by atoms with E-state index in [0.29, 0.717) is 37.8 Å². The summed E-state index contributed by atoms with van der Waals surface area (Å²) in [5.41, 5.74) is 1.31. The highest BCUT2D eigenvalue weighted by Gasteiger charge is 2.25. The number of carbonyl (C=O) groups excluding carboxylic acids is 2. The minimum Gasteiger partial charge on any atom is -0.356 e. The largest absolute Gasteiger partial charge is 0.356 e. The Morgan fingerprint density at radius 3 is 2.64 bits per heavy atom. The van der Waals surface area contributed by atoms with Crippen LogP contribution in [0.3, 0.4) is 0 Å². The summed E-state index contributed by atoms with van der Waals surface area (Å²) in [5, 5.41) is 5.84. The van der Waals surface area contributed by atoms with Crippen LogP contribution in [-0.4, -0.2) is 24.9 Å². The van der Waals surface area contributed by atoms with E-state index in [9.17, 15) is 9.59 Å². The zero-order chi connectivity index (χ0) is 15.9. The monoisotopic (exact) mass is 302 g/mol. The Labute approximate surface area is 132 Å². The summed E-state index contributed by atoms with van der Waals surface area (Å²) in [6, 6.07) is 10.4. The SMILES string of the molecule is CC(C)[C@H](CNC(=O)[C@@H]1CCC(=O)NC1)Cc1ccccc1. The lowest BCUT2D eigenvalue weighted by Gasteiger charge is -2.25. The van der Waals surface area contributed by atoms with Crippen molar-refractivity contribution in [1.29, 1.82) is 0 Å². The molecule has 0 aliphatic carbocycles. The third-order valence-electron chi connectivity index (χ3n) is 4.46. The van der Waals surface area contributed by atoms with Crippen LogP contribution in [-0.2, 0) is 16.0 Å². The molecule has 2 N–H and O–H groups in total. The van der Waals surface area contributed by atoms with Crippen LogP contribution in [0.15, 0.2) is 30.3 Å². The van der Waals surface area contributed by atoms with E-state index in [0.717, 1.165) is 6.42 Å². The first kappa shape index (κ1) is 16.5. The number of hydrogen-bond acceptors (Lipinski definition) is 2. The Morgan fingerprint density at radius 2 is 2.05 bits per heavy atom. The topological polar surface area (TPSA) is 58.2 Å². The molecule has 2 rings (SSSR count). The van der Waals surface area contributed by atoms with Crippen molar-refractivity contribution in [2.24, 2.45) is 17.8 Å². The van der Waals surface area contributed by atoms with Gasteiger partial charge >= 0.3 is 0 Å². The van der Waals surface area contributed by atoms with E-state index >= 15 is 0 Å². The smallest absolute Gasteiger partial charge is 0.224 e. The molecule has 4 nitrogen and oxygen atoms in total. The Morgan fingerprint density at radius 1 is 1.32 bits per heavy atom. The number of nitrogens with one attached hydrogen (secondary N) is 2. The van der Waals surface area contributed by atoms with Crippen LogP contribution >= 0.6 is 0 Å². The molecule has 0 aromatic heterocycles. The van der Waals surface area contributed by atoms with Crippen molar-refractivity contribution in [3.05, 3.63) is 35.9 Å². The second-order valence-electron chi connectivity index (χ2n) is 6.48. The van der Waals surface area contributed by atoms with Crippen LogP contribution < -0.4 is 10.6 Å². The third-order valence-corrected chi connectivity index (χ3v) is 4.46. The van der Waals surface area contributed by atoms with E-state index in [2.05, 4.69) is 48.7 Å². The molecule has 1 aromatic carbocycles. The lowest BCUT2D eigenvalue weighted by atomic mass is 9.89. The van der Waals surface area contributed by atoms with Gasteiger partial charge in [-0.3, -0.25) is 9.59 Å². The Hall–Kier alpha value is -1.84. The molecule has 0 bridgehead atoms. The molecule has 1 heterocycles. The van der Waals surface area contributed by atoms with Gasteiger partial charge in [-0.15, -0.1) is 0 Å².